The van der Waals surface area contributed by atoms with Crippen LogP contribution in [0, 0.1) is 0 Å². The van der Waals surface area contributed by atoms with Crippen molar-refractivity contribution in [3.05, 3.63) is 41.0 Å². The second-order valence-corrected chi connectivity index (χ2v) is 4.88. The highest BCUT2D eigenvalue weighted by Crippen LogP contribution is 2.35. The van der Waals surface area contributed by atoms with Crippen LogP contribution in [-0.4, -0.2) is 23.4 Å². The summed E-state index contributed by atoms with van der Waals surface area (Å²) in [6.07, 6.45) is 5.09. The average Bonchev–Trinajstić information content (AvgIpc) is 2.55. The van der Waals surface area contributed by atoms with Crippen LogP contribution in [-0.2, 0) is 0 Å². The molecule has 2 rings (SSSR count). The van der Waals surface area contributed by atoms with E-state index in [1.54, 1.807) is 24.3 Å². The maximum absolute atomic E-state index is 12.0. The summed E-state index contributed by atoms with van der Waals surface area (Å²) in [5, 5.41) is 19.4. The topological polar surface area (TPSA) is 89.1 Å². The lowest BCUT2D eigenvalue weighted by Gasteiger charge is -2.10. The molecule has 1 aromatic carbocycles. The molecule has 0 amide bonds. The quantitative estimate of drug-likeness (QED) is 0.441. The molecule has 1 heterocycles. The number of aliphatic hydroxyl groups is 1. The summed E-state index contributed by atoms with van der Waals surface area (Å²) in [6.45, 7) is 2.39. The molecule has 0 fully saturated rings. The highest BCUT2D eigenvalue weighted by Gasteiger charge is 2.17. The average molecular weight is 320 g/mol. The van der Waals surface area contributed by atoms with Gasteiger partial charge >= 0.3 is 5.63 Å². The SMILES string of the molecule is CCC=COc1c(O)c2cccc(OCCCCO)c2oc1=O. The van der Waals surface area contributed by atoms with Crippen molar-refractivity contribution >= 4 is 11.0 Å². The van der Waals surface area contributed by atoms with Crippen LogP contribution in [0.25, 0.3) is 11.0 Å². The van der Waals surface area contributed by atoms with Crippen molar-refractivity contribution < 1.29 is 24.1 Å². The minimum atomic E-state index is -0.776. The highest BCUT2D eigenvalue weighted by molar-refractivity contribution is 5.89. The Balaban J connectivity index is 2.35. The first-order valence-electron chi connectivity index (χ1n) is 7.53. The van der Waals surface area contributed by atoms with E-state index in [0.717, 1.165) is 6.42 Å². The summed E-state index contributed by atoms with van der Waals surface area (Å²) in [4.78, 5) is 12.0. The van der Waals surface area contributed by atoms with Gasteiger partial charge in [-0.2, -0.15) is 0 Å². The zero-order valence-electron chi connectivity index (χ0n) is 12.9. The molecule has 2 aromatic rings. The lowest BCUT2D eigenvalue weighted by atomic mass is 10.2. The Bertz CT molecular complexity index is 732. The third-order valence-corrected chi connectivity index (χ3v) is 3.16. The molecule has 0 radical (unpaired) electrons. The monoisotopic (exact) mass is 320 g/mol. The fourth-order valence-electron chi connectivity index (χ4n) is 1.99. The van der Waals surface area contributed by atoms with Gasteiger partial charge in [0, 0.05) is 6.61 Å². The largest absolute Gasteiger partial charge is 0.504 e. The third-order valence-electron chi connectivity index (χ3n) is 3.16. The Labute approximate surface area is 133 Å². The van der Waals surface area contributed by atoms with Gasteiger partial charge in [-0.05, 0) is 37.5 Å². The van der Waals surface area contributed by atoms with E-state index in [9.17, 15) is 9.90 Å². The first kappa shape index (κ1) is 16.9. The van der Waals surface area contributed by atoms with Crippen LogP contribution in [0.15, 0.2) is 39.7 Å². The summed E-state index contributed by atoms with van der Waals surface area (Å²) < 4.78 is 16.0. The zero-order valence-corrected chi connectivity index (χ0v) is 12.9. The lowest BCUT2D eigenvalue weighted by molar-refractivity contribution is 0.252. The molecule has 0 saturated heterocycles. The maximum Gasteiger partial charge on any atom is 0.383 e. The maximum atomic E-state index is 12.0. The normalized spacial score (nSPS) is 11.2. The van der Waals surface area contributed by atoms with Gasteiger partial charge < -0.3 is 24.1 Å². The molecule has 0 aliphatic heterocycles. The molecule has 124 valence electrons. The number of fused-ring (bicyclic) bond motifs is 1. The lowest BCUT2D eigenvalue weighted by Crippen LogP contribution is -2.05. The van der Waals surface area contributed by atoms with E-state index < -0.39 is 5.63 Å². The molecule has 0 spiro atoms. The third kappa shape index (κ3) is 4.04. The molecule has 2 N–H and O–H groups in total. The van der Waals surface area contributed by atoms with E-state index in [-0.39, 0.29) is 23.7 Å². The first-order valence-corrected chi connectivity index (χ1v) is 7.53. The van der Waals surface area contributed by atoms with Gasteiger partial charge in [0.15, 0.2) is 17.1 Å². The van der Waals surface area contributed by atoms with Crippen LogP contribution in [0.1, 0.15) is 26.2 Å². The molecule has 0 atom stereocenters. The number of aliphatic hydroxyl groups excluding tert-OH is 1. The Morgan fingerprint density at radius 1 is 1.30 bits per heavy atom. The standard InChI is InChI=1S/C17H20O6/c1-2-3-10-22-16-14(19)12-7-6-8-13(15(12)23-17(16)20)21-11-5-4-9-18/h3,6-8,10,18-19H,2,4-5,9,11H2,1H3. The molecule has 0 aliphatic carbocycles. The van der Waals surface area contributed by atoms with E-state index in [1.165, 1.54) is 6.26 Å². The molecule has 23 heavy (non-hydrogen) atoms. The number of unbranched alkanes of at least 4 members (excludes halogenated alkanes) is 1. The minimum absolute atomic E-state index is 0.0980. The van der Waals surface area contributed by atoms with Crippen molar-refractivity contribution in [1.29, 1.82) is 0 Å². The van der Waals surface area contributed by atoms with Crippen LogP contribution >= 0.6 is 0 Å². The minimum Gasteiger partial charge on any atom is -0.504 e. The van der Waals surface area contributed by atoms with Gasteiger partial charge in [0.2, 0.25) is 0 Å². The summed E-state index contributed by atoms with van der Waals surface area (Å²) in [7, 11) is 0. The number of allylic oxidation sites excluding steroid dienone is 1. The van der Waals surface area contributed by atoms with Gasteiger partial charge in [-0.15, -0.1) is 0 Å². The van der Waals surface area contributed by atoms with Gasteiger partial charge in [-0.25, -0.2) is 4.79 Å². The second-order valence-electron chi connectivity index (χ2n) is 4.88. The predicted molar refractivity (Wildman–Crippen MR) is 86.0 cm³/mol. The molecule has 0 aliphatic rings. The van der Waals surface area contributed by atoms with Gasteiger partial charge in [-0.3, -0.25) is 0 Å². The van der Waals surface area contributed by atoms with Crippen molar-refractivity contribution in [1.82, 2.24) is 0 Å². The van der Waals surface area contributed by atoms with Crippen LogP contribution in [0.2, 0.25) is 0 Å². The smallest absolute Gasteiger partial charge is 0.383 e. The molecular weight excluding hydrogens is 300 g/mol. The number of aromatic hydroxyl groups is 1. The molecule has 1 aromatic heterocycles. The molecule has 0 saturated carbocycles. The van der Waals surface area contributed by atoms with Crippen molar-refractivity contribution in [2.75, 3.05) is 13.2 Å². The molecular formula is C17H20O6. The Kier molecular flexibility index (Phi) is 6.05. The Morgan fingerprint density at radius 3 is 2.87 bits per heavy atom. The molecule has 6 heteroatoms. The van der Waals surface area contributed by atoms with Crippen LogP contribution in [0.4, 0.5) is 0 Å². The van der Waals surface area contributed by atoms with E-state index in [0.29, 0.717) is 30.6 Å². The summed E-state index contributed by atoms with van der Waals surface area (Å²) in [5.41, 5.74) is -0.604. The van der Waals surface area contributed by atoms with Crippen molar-refractivity contribution in [2.45, 2.75) is 26.2 Å². The van der Waals surface area contributed by atoms with Gasteiger partial charge in [-0.1, -0.05) is 13.0 Å². The summed E-state index contributed by atoms with van der Waals surface area (Å²) in [5.74, 6) is -0.166. The Hall–Kier alpha value is -2.47. The highest BCUT2D eigenvalue weighted by atomic mass is 16.5. The summed E-state index contributed by atoms with van der Waals surface area (Å²) >= 11 is 0. The number of hydrogen-bond acceptors (Lipinski definition) is 6. The van der Waals surface area contributed by atoms with Gasteiger partial charge in [0.05, 0.1) is 18.3 Å². The van der Waals surface area contributed by atoms with Crippen molar-refractivity contribution in [2.24, 2.45) is 0 Å². The first-order chi connectivity index (χ1) is 11.2. The van der Waals surface area contributed by atoms with E-state index in [2.05, 4.69) is 0 Å². The van der Waals surface area contributed by atoms with E-state index in [1.807, 2.05) is 6.92 Å². The molecule has 0 unspecified atom stereocenters. The molecule has 6 nitrogen and oxygen atoms in total. The van der Waals surface area contributed by atoms with Crippen LogP contribution < -0.4 is 15.1 Å². The molecule has 0 bridgehead atoms. The van der Waals surface area contributed by atoms with Crippen molar-refractivity contribution in [3.8, 4) is 17.2 Å². The number of rotatable bonds is 8. The number of hydrogen-bond donors (Lipinski definition) is 2. The van der Waals surface area contributed by atoms with Crippen LogP contribution in [0.5, 0.6) is 17.2 Å². The van der Waals surface area contributed by atoms with Crippen LogP contribution in [0.3, 0.4) is 0 Å². The number of benzene rings is 1. The van der Waals surface area contributed by atoms with Crippen molar-refractivity contribution in [3.63, 3.8) is 0 Å². The zero-order chi connectivity index (χ0) is 16.7. The Morgan fingerprint density at radius 2 is 2.13 bits per heavy atom. The fraction of sp³-hybridized carbons (Fsp3) is 0.353. The van der Waals surface area contributed by atoms with Gasteiger partial charge in [0.1, 0.15) is 0 Å². The van der Waals surface area contributed by atoms with E-state index in [4.69, 9.17) is 19.0 Å². The van der Waals surface area contributed by atoms with E-state index >= 15 is 0 Å². The van der Waals surface area contributed by atoms with Gasteiger partial charge in [0.25, 0.3) is 5.75 Å². The fourth-order valence-corrected chi connectivity index (χ4v) is 1.99. The predicted octanol–water partition coefficient (Wildman–Crippen LogP) is 2.95. The second kappa shape index (κ2) is 8.24. The number of ether oxygens (including phenoxy) is 2. The summed E-state index contributed by atoms with van der Waals surface area (Å²) in [6, 6.07) is 4.96. The number of para-hydroxylation sites is 1.